The SMILES string of the molecule is Cl.O=C(Nc1ccc(C(=O)N2CCc3ccccc32)cc1)C1CCCN1. The van der Waals surface area contributed by atoms with Gasteiger partial charge in [-0.3, -0.25) is 9.59 Å². The summed E-state index contributed by atoms with van der Waals surface area (Å²) in [5.41, 5.74) is 3.56. The normalized spacial score (nSPS) is 18.2. The van der Waals surface area contributed by atoms with Crippen molar-refractivity contribution in [1.82, 2.24) is 5.32 Å². The van der Waals surface area contributed by atoms with Gasteiger partial charge in [0.15, 0.2) is 0 Å². The minimum absolute atomic E-state index is 0. The maximum absolute atomic E-state index is 12.8. The van der Waals surface area contributed by atoms with Crippen LogP contribution in [0.1, 0.15) is 28.8 Å². The van der Waals surface area contributed by atoms with Gasteiger partial charge in [-0.15, -0.1) is 12.4 Å². The number of rotatable bonds is 3. The van der Waals surface area contributed by atoms with Crippen molar-refractivity contribution in [3.05, 3.63) is 59.7 Å². The molecule has 0 radical (unpaired) electrons. The Kier molecular flexibility index (Phi) is 5.59. The second kappa shape index (κ2) is 7.89. The van der Waals surface area contributed by atoms with Gasteiger partial charge in [-0.05, 0) is 61.7 Å². The van der Waals surface area contributed by atoms with Crippen LogP contribution in [0, 0.1) is 0 Å². The van der Waals surface area contributed by atoms with E-state index < -0.39 is 0 Å². The largest absolute Gasteiger partial charge is 0.325 e. The molecular formula is C20H22ClN3O2. The lowest BCUT2D eigenvalue weighted by atomic mass is 10.1. The number of fused-ring (bicyclic) bond motifs is 1. The first-order valence-corrected chi connectivity index (χ1v) is 8.76. The molecule has 1 saturated heterocycles. The van der Waals surface area contributed by atoms with Crippen LogP contribution in [0.3, 0.4) is 0 Å². The van der Waals surface area contributed by atoms with Gasteiger partial charge >= 0.3 is 0 Å². The molecule has 1 unspecified atom stereocenters. The van der Waals surface area contributed by atoms with Crippen LogP contribution in [-0.2, 0) is 11.2 Å². The molecule has 6 heteroatoms. The van der Waals surface area contributed by atoms with Crippen LogP contribution in [0.15, 0.2) is 48.5 Å². The van der Waals surface area contributed by atoms with Crippen LogP contribution in [0.4, 0.5) is 11.4 Å². The van der Waals surface area contributed by atoms with Crippen LogP contribution in [-0.4, -0.2) is 30.9 Å². The van der Waals surface area contributed by atoms with Crippen molar-refractivity contribution in [3.8, 4) is 0 Å². The van der Waals surface area contributed by atoms with Crippen LogP contribution in [0.5, 0.6) is 0 Å². The van der Waals surface area contributed by atoms with E-state index in [4.69, 9.17) is 0 Å². The molecule has 2 N–H and O–H groups in total. The highest BCUT2D eigenvalue weighted by molar-refractivity contribution is 6.07. The van der Waals surface area contributed by atoms with Gasteiger partial charge in [0.05, 0.1) is 6.04 Å². The highest BCUT2D eigenvalue weighted by Crippen LogP contribution is 2.29. The predicted molar refractivity (Wildman–Crippen MR) is 105 cm³/mol. The summed E-state index contributed by atoms with van der Waals surface area (Å²) in [6, 6.07) is 15.1. The Balaban J connectivity index is 0.00000196. The van der Waals surface area contributed by atoms with Crippen molar-refractivity contribution in [2.75, 3.05) is 23.3 Å². The van der Waals surface area contributed by atoms with Gasteiger partial charge in [-0.1, -0.05) is 18.2 Å². The number of nitrogens with zero attached hydrogens (tertiary/aromatic N) is 1. The number of carbonyl (C=O) groups is 2. The summed E-state index contributed by atoms with van der Waals surface area (Å²) < 4.78 is 0. The zero-order valence-electron chi connectivity index (χ0n) is 14.4. The predicted octanol–water partition coefficient (Wildman–Crippen LogP) is 3.00. The maximum atomic E-state index is 12.8. The van der Waals surface area contributed by atoms with E-state index in [1.54, 1.807) is 24.3 Å². The summed E-state index contributed by atoms with van der Waals surface area (Å²) in [6.07, 6.45) is 2.80. The third-order valence-electron chi connectivity index (χ3n) is 4.91. The second-order valence-corrected chi connectivity index (χ2v) is 6.55. The topological polar surface area (TPSA) is 61.4 Å². The summed E-state index contributed by atoms with van der Waals surface area (Å²) in [5, 5.41) is 6.09. The summed E-state index contributed by atoms with van der Waals surface area (Å²) in [7, 11) is 0. The van der Waals surface area contributed by atoms with Crippen molar-refractivity contribution in [3.63, 3.8) is 0 Å². The first-order valence-electron chi connectivity index (χ1n) is 8.76. The Bertz CT molecular complexity index is 801. The highest BCUT2D eigenvalue weighted by Gasteiger charge is 2.25. The molecule has 0 aliphatic carbocycles. The molecule has 1 atom stereocenters. The van der Waals surface area contributed by atoms with Crippen molar-refractivity contribution in [2.45, 2.75) is 25.3 Å². The van der Waals surface area contributed by atoms with E-state index in [-0.39, 0.29) is 30.3 Å². The molecule has 0 spiro atoms. The third kappa shape index (κ3) is 3.59. The fourth-order valence-electron chi connectivity index (χ4n) is 3.54. The summed E-state index contributed by atoms with van der Waals surface area (Å²) in [6.45, 7) is 1.60. The first-order chi connectivity index (χ1) is 12.2. The van der Waals surface area contributed by atoms with Gasteiger partial charge < -0.3 is 15.5 Å². The molecule has 2 amide bonds. The van der Waals surface area contributed by atoms with Gasteiger partial charge in [0.25, 0.3) is 5.91 Å². The Morgan fingerprint density at radius 1 is 1.08 bits per heavy atom. The molecule has 26 heavy (non-hydrogen) atoms. The molecule has 0 saturated carbocycles. The molecule has 0 bridgehead atoms. The van der Waals surface area contributed by atoms with E-state index in [1.165, 1.54) is 5.56 Å². The quantitative estimate of drug-likeness (QED) is 0.871. The molecule has 1 fully saturated rings. The number of hydrogen-bond donors (Lipinski definition) is 2. The molecule has 0 aromatic heterocycles. The fourth-order valence-corrected chi connectivity index (χ4v) is 3.54. The number of benzene rings is 2. The van der Waals surface area contributed by atoms with Gasteiger partial charge in [0.1, 0.15) is 0 Å². The maximum Gasteiger partial charge on any atom is 0.258 e. The summed E-state index contributed by atoms with van der Waals surface area (Å²) in [5.74, 6) is -0.00895. The number of anilines is 2. The van der Waals surface area contributed by atoms with Crippen LogP contribution in [0.2, 0.25) is 0 Å². The molecule has 2 aliphatic rings. The van der Waals surface area contributed by atoms with Crippen LogP contribution >= 0.6 is 12.4 Å². The lowest BCUT2D eigenvalue weighted by Gasteiger charge is -2.17. The van der Waals surface area contributed by atoms with E-state index in [0.29, 0.717) is 12.1 Å². The van der Waals surface area contributed by atoms with Crippen LogP contribution in [0.25, 0.3) is 0 Å². The smallest absolute Gasteiger partial charge is 0.258 e. The van der Waals surface area contributed by atoms with Gasteiger partial charge in [0.2, 0.25) is 5.91 Å². The molecule has 2 heterocycles. The van der Waals surface area contributed by atoms with E-state index in [2.05, 4.69) is 16.7 Å². The summed E-state index contributed by atoms with van der Waals surface area (Å²) in [4.78, 5) is 26.7. The van der Waals surface area contributed by atoms with E-state index in [1.807, 2.05) is 23.1 Å². The zero-order chi connectivity index (χ0) is 17.2. The monoisotopic (exact) mass is 371 g/mol. The molecule has 2 aromatic rings. The molecule has 136 valence electrons. The number of carbonyl (C=O) groups excluding carboxylic acids is 2. The number of hydrogen-bond acceptors (Lipinski definition) is 3. The highest BCUT2D eigenvalue weighted by atomic mass is 35.5. The molecule has 4 rings (SSSR count). The zero-order valence-corrected chi connectivity index (χ0v) is 15.2. The minimum atomic E-state index is -0.109. The van der Waals surface area contributed by atoms with Gasteiger partial charge in [-0.25, -0.2) is 0 Å². The lowest BCUT2D eigenvalue weighted by Crippen LogP contribution is -2.35. The molecule has 2 aliphatic heterocycles. The third-order valence-corrected chi connectivity index (χ3v) is 4.91. The summed E-state index contributed by atoms with van der Waals surface area (Å²) >= 11 is 0. The number of para-hydroxylation sites is 1. The standard InChI is InChI=1S/C20H21N3O2.ClH/c24-19(17-5-3-12-21-17)22-16-9-7-15(8-10-16)20(25)23-13-11-14-4-1-2-6-18(14)23;/h1-2,4,6-10,17,21H,3,5,11-13H2,(H,22,24);1H. The number of amides is 2. The average molecular weight is 372 g/mol. The van der Waals surface area contributed by atoms with Crippen molar-refractivity contribution < 1.29 is 9.59 Å². The molecule has 5 nitrogen and oxygen atoms in total. The number of halogens is 1. The van der Waals surface area contributed by atoms with Crippen molar-refractivity contribution in [1.29, 1.82) is 0 Å². The van der Waals surface area contributed by atoms with Crippen LogP contribution < -0.4 is 15.5 Å². The molecular weight excluding hydrogens is 350 g/mol. The Morgan fingerprint density at radius 3 is 2.58 bits per heavy atom. The Hall–Kier alpha value is -2.37. The Morgan fingerprint density at radius 2 is 1.85 bits per heavy atom. The average Bonchev–Trinajstić information content (AvgIpc) is 3.32. The van der Waals surface area contributed by atoms with Gasteiger partial charge in [0, 0.05) is 23.5 Å². The van der Waals surface area contributed by atoms with Crippen molar-refractivity contribution >= 4 is 35.6 Å². The second-order valence-electron chi connectivity index (χ2n) is 6.55. The lowest BCUT2D eigenvalue weighted by molar-refractivity contribution is -0.117. The minimum Gasteiger partial charge on any atom is -0.325 e. The molecule has 2 aromatic carbocycles. The first kappa shape index (κ1) is 18.4. The number of nitrogens with one attached hydrogen (secondary N) is 2. The van der Waals surface area contributed by atoms with E-state index in [9.17, 15) is 9.59 Å². The van der Waals surface area contributed by atoms with Crippen molar-refractivity contribution in [2.24, 2.45) is 0 Å². The van der Waals surface area contributed by atoms with Gasteiger partial charge in [-0.2, -0.15) is 0 Å². The van der Waals surface area contributed by atoms with E-state index in [0.717, 1.165) is 37.2 Å². The van der Waals surface area contributed by atoms with E-state index >= 15 is 0 Å². The Labute approximate surface area is 159 Å². The fraction of sp³-hybridized carbons (Fsp3) is 0.300.